The number of benzene rings is 1. The average Bonchev–Trinajstić information content (AvgIpc) is 2.43. The summed E-state index contributed by atoms with van der Waals surface area (Å²) in [6, 6.07) is 9.07. The Morgan fingerprint density at radius 3 is 2.50 bits per heavy atom. The van der Waals surface area contributed by atoms with Crippen LogP contribution >= 0.6 is 23.2 Å². The van der Waals surface area contributed by atoms with E-state index < -0.39 is 0 Å². The molecule has 0 spiro atoms. The minimum atomic E-state index is 0.428. The highest BCUT2D eigenvalue weighted by molar-refractivity contribution is 6.34. The number of ether oxygens (including phenoxy) is 1. The number of nitrogens with one attached hydrogen (secondary N) is 1. The van der Waals surface area contributed by atoms with Gasteiger partial charge in [-0.1, -0.05) is 36.2 Å². The minimum Gasteiger partial charge on any atom is -0.489 e. The molecule has 0 aliphatic rings. The van der Waals surface area contributed by atoms with Crippen LogP contribution in [0.15, 0.2) is 36.5 Å². The van der Waals surface area contributed by atoms with Crippen molar-refractivity contribution in [2.45, 2.75) is 20.0 Å². The van der Waals surface area contributed by atoms with Crippen LogP contribution in [0.3, 0.4) is 0 Å². The Labute approximate surface area is 128 Å². The molecule has 0 aliphatic carbocycles. The Hall–Kier alpha value is -1.45. The van der Waals surface area contributed by atoms with Crippen molar-refractivity contribution in [2.75, 3.05) is 11.9 Å². The Bertz CT molecular complexity index is 538. The molecule has 0 bridgehead atoms. The monoisotopic (exact) mass is 310 g/mol. The molecule has 1 heterocycles. The zero-order valence-electron chi connectivity index (χ0n) is 11.2. The molecule has 2 rings (SSSR count). The van der Waals surface area contributed by atoms with E-state index in [9.17, 15) is 0 Å². The second-order valence-electron chi connectivity index (χ2n) is 4.37. The maximum atomic E-state index is 5.92. The quantitative estimate of drug-likeness (QED) is 0.833. The normalized spacial score (nSPS) is 10.3. The first-order valence-electron chi connectivity index (χ1n) is 6.45. The largest absolute Gasteiger partial charge is 0.489 e. The van der Waals surface area contributed by atoms with E-state index in [1.54, 1.807) is 24.4 Å². The Kier molecular flexibility index (Phi) is 5.50. The molecular formula is C15H16Cl2N2O. The molecule has 0 saturated heterocycles. The second kappa shape index (κ2) is 7.36. The molecule has 0 fully saturated rings. The number of aromatic nitrogens is 1. The van der Waals surface area contributed by atoms with Crippen LogP contribution in [-0.4, -0.2) is 11.5 Å². The van der Waals surface area contributed by atoms with E-state index in [4.69, 9.17) is 27.9 Å². The van der Waals surface area contributed by atoms with E-state index in [2.05, 4.69) is 17.2 Å². The van der Waals surface area contributed by atoms with Crippen molar-refractivity contribution < 1.29 is 4.74 Å². The highest BCUT2D eigenvalue weighted by Gasteiger charge is 2.01. The van der Waals surface area contributed by atoms with Crippen LogP contribution in [0.1, 0.15) is 18.9 Å². The van der Waals surface area contributed by atoms with Crippen LogP contribution in [0.5, 0.6) is 5.75 Å². The van der Waals surface area contributed by atoms with E-state index in [1.165, 1.54) is 0 Å². The highest BCUT2D eigenvalue weighted by Crippen LogP contribution is 2.24. The lowest BCUT2D eigenvalue weighted by Gasteiger charge is -2.08. The maximum Gasteiger partial charge on any atom is 0.125 e. The summed E-state index contributed by atoms with van der Waals surface area (Å²) in [5.41, 5.74) is 0.989. The maximum absolute atomic E-state index is 5.92. The smallest absolute Gasteiger partial charge is 0.125 e. The molecule has 20 heavy (non-hydrogen) atoms. The third-order valence-corrected chi connectivity index (χ3v) is 3.06. The standard InChI is InChI=1S/C15H16Cl2N2O/c1-2-5-18-15-4-3-11(9-19-15)10-20-14-7-12(16)6-13(17)8-14/h3-4,6-9H,2,5,10H2,1H3,(H,18,19). The fourth-order valence-electron chi connectivity index (χ4n) is 1.65. The van der Waals surface area contributed by atoms with Crippen molar-refractivity contribution in [3.63, 3.8) is 0 Å². The van der Waals surface area contributed by atoms with Crippen molar-refractivity contribution in [3.05, 3.63) is 52.1 Å². The zero-order chi connectivity index (χ0) is 14.4. The first kappa shape index (κ1) is 14.9. The summed E-state index contributed by atoms with van der Waals surface area (Å²) >= 11 is 11.8. The third kappa shape index (κ3) is 4.58. The van der Waals surface area contributed by atoms with Gasteiger partial charge in [-0.2, -0.15) is 0 Å². The molecule has 0 amide bonds. The van der Waals surface area contributed by atoms with Gasteiger partial charge in [-0.05, 0) is 30.7 Å². The second-order valence-corrected chi connectivity index (χ2v) is 5.25. The van der Waals surface area contributed by atoms with E-state index >= 15 is 0 Å². The van der Waals surface area contributed by atoms with Crippen LogP contribution in [0.25, 0.3) is 0 Å². The van der Waals surface area contributed by atoms with Gasteiger partial charge in [-0.15, -0.1) is 0 Å². The van der Waals surface area contributed by atoms with Gasteiger partial charge in [0.1, 0.15) is 18.2 Å². The predicted octanol–water partition coefficient (Wildman–Crippen LogP) is 4.79. The molecular weight excluding hydrogens is 295 g/mol. The van der Waals surface area contributed by atoms with Crippen molar-refractivity contribution in [2.24, 2.45) is 0 Å². The molecule has 0 atom stereocenters. The van der Waals surface area contributed by atoms with Crippen LogP contribution in [0, 0.1) is 0 Å². The number of nitrogens with zero attached hydrogens (tertiary/aromatic N) is 1. The van der Waals surface area contributed by atoms with Crippen LogP contribution in [-0.2, 0) is 6.61 Å². The Morgan fingerprint density at radius 2 is 1.90 bits per heavy atom. The first-order chi connectivity index (χ1) is 9.67. The SMILES string of the molecule is CCCNc1ccc(COc2cc(Cl)cc(Cl)c2)cn1. The summed E-state index contributed by atoms with van der Waals surface area (Å²) < 4.78 is 5.65. The molecule has 0 aliphatic heterocycles. The van der Waals surface area contributed by atoms with Crippen molar-refractivity contribution in [3.8, 4) is 5.75 Å². The van der Waals surface area contributed by atoms with E-state index in [0.29, 0.717) is 22.4 Å². The van der Waals surface area contributed by atoms with Crippen LogP contribution in [0.4, 0.5) is 5.82 Å². The van der Waals surface area contributed by atoms with Crippen LogP contribution < -0.4 is 10.1 Å². The number of pyridine rings is 1. The van der Waals surface area contributed by atoms with Gasteiger partial charge in [-0.3, -0.25) is 0 Å². The molecule has 0 radical (unpaired) electrons. The summed E-state index contributed by atoms with van der Waals surface area (Å²) in [5, 5.41) is 4.34. The van der Waals surface area contributed by atoms with Crippen LogP contribution in [0.2, 0.25) is 10.0 Å². The lowest BCUT2D eigenvalue weighted by molar-refractivity contribution is 0.306. The van der Waals surface area contributed by atoms with E-state index in [0.717, 1.165) is 24.3 Å². The number of hydrogen-bond acceptors (Lipinski definition) is 3. The number of rotatable bonds is 6. The Morgan fingerprint density at radius 1 is 1.15 bits per heavy atom. The lowest BCUT2D eigenvalue weighted by atomic mass is 10.3. The molecule has 5 heteroatoms. The van der Waals surface area contributed by atoms with Gasteiger partial charge in [0, 0.05) is 28.4 Å². The topological polar surface area (TPSA) is 34.1 Å². The summed E-state index contributed by atoms with van der Waals surface area (Å²) in [7, 11) is 0. The molecule has 1 N–H and O–H groups in total. The van der Waals surface area contributed by atoms with Crippen molar-refractivity contribution in [1.29, 1.82) is 0 Å². The zero-order valence-corrected chi connectivity index (χ0v) is 12.7. The highest BCUT2D eigenvalue weighted by atomic mass is 35.5. The molecule has 3 nitrogen and oxygen atoms in total. The third-order valence-electron chi connectivity index (χ3n) is 2.62. The predicted molar refractivity (Wildman–Crippen MR) is 83.8 cm³/mol. The van der Waals surface area contributed by atoms with Gasteiger partial charge in [-0.25, -0.2) is 4.98 Å². The van der Waals surface area contributed by atoms with Crippen molar-refractivity contribution in [1.82, 2.24) is 4.98 Å². The number of anilines is 1. The molecule has 0 saturated carbocycles. The molecule has 0 unspecified atom stereocenters. The van der Waals surface area contributed by atoms with E-state index in [1.807, 2.05) is 12.1 Å². The van der Waals surface area contributed by atoms with Gasteiger partial charge < -0.3 is 10.1 Å². The fraction of sp³-hybridized carbons (Fsp3) is 0.267. The molecule has 2 aromatic rings. The van der Waals surface area contributed by atoms with Gasteiger partial charge in [0.25, 0.3) is 0 Å². The number of hydrogen-bond donors (Lipinski definition) is 1. The fourth-order valence-corrected chi connectivity index (χ4v) is 2.15. The van der Waals surface area contributed by atoms with Gasteiger partial charge in [0.15, 0.2) is 0 Å². The summed E-state index contributed by atoms with van der Waals surface area (Å²) in [6.07, 6.45) is 2.87. The van der Waals surface area contributed by atoms with E-state index in [-0.39, 0.29) is 0 Å². The summed E-state index contributed by atoms with van der Waals surface area (Å²) in [4.78, 5) is 4.32. The van der Waals surface area contributed by atoms with Crippen molar-refractivity contribution >= 4 is 29.0 Å². The Balaban J connectivity index is 1.93. The number of halogens is 2. The van der Waals surface area contributed by atoms with Gasteiger partial charge in [0.05, 0.1) is 0 Å². The molecule has 106 valence electrons. The first-order valence-corrected chi connectivity index (χ1v) is 7.20. The van der Waals surface area contributed by atoms with Gasteiger partial charge >= 0.3 is 0 Å². The lowest BCUT2D eigenvalue weighted by Crippen LogP contribution is -2.02. The minimum absolute atomic E-state index is 0.428. The molecule has 1 aromatic carbocycles. The molecule has 1 aromatic heterocycles. The summed E-state index contributed by atoms with van der Waals surface area (Å²) in [5.74, 6) is 1.53. The summed E-state index contributed by atoms with van der Waals surface area (Å²) in [6.45, 7) is 3.47. The van der Waals surface area contributed by atoms with Gasteiger partial charge in [0.2, 0.25) is 0 Å². The average molecular weight is 311 g/mol.